The van der Waals surface area contributed by atoms with E-state index in [9.17, 15) is 24.6 Å². The van der Waals surface area contributed by atoms with Crippen LogP contribution in [0.1, 0.15) is 50.3 Å². The van der Waals surface area contributed by atoms with Crippen molar-refractivity contribution in [3.8, 4) is 0 Å². The number of fused-ring (bicyclic) bond motifs is 4. The Kier molecular flexibility index (Phi) is 5.81. The Morgan fingerprint density at radius 3 is 2.59 bits per heavy atom. The van der Waals surface area contributed by atoms with Gasteiger partial charge in [-0.15, -0.1) is 0 Å². The zero-order valence-electron chi connectivity index (χ0n) is 16.8. The number of pyridine rings is 1. The summed E-state index contributed by atoms with van der Waals surface area (Å²) < 4.78 is 0. The van der Waals surface area contributed by atoms with Crippen LogP contribution >= 0.6 is 0 Å². The number of hydrogen-bond donors (Lipinski definition) is 6. The topological polar surface area (TPSA) is 144 Å². The van der Waals surface area contributed by atoms with Crippen LogP contribution in [0.3, 0.4) is 0 Å². The van der Waals surface area contributed by atoms with Crippen molar-refractivity contribution < 1.29 is 19.8 Å². The molecule has 6 N–H and O–H groups in total. The van der Waals surface area contributed by atoms with Gasteiger partial charge in [0.25, 0.3) is 5.56 Å². The number of hydrogen-bond acceptors (Lipinski definition) is 6. The molecular formula is C20H28N4O5. The molecule has 2 aliphatic rings. The minimum absolute atomic E-state index is 0.0848. The number of aromatic nitrogens is 1. The van der Waals surface area contributed by atoms with E-state index >= 15 is 0 Å². The molecule has 2 bridgehead atoms. The predicted molar refractivity (Wildman–Crippen MR) is 107 cm³/mol. The zero-order chi connectivity index (χ0) is 21.3. The van der Waals surface area contributed by atoms with E-state index in [1.807, 2.05) is 6.92 Å². The molecule has 0 spiro atoms. The van der Waals surface area contributed by atoms with Gasteiger partial charge < -0.3 is 31.1 Å². The summed E-state index contributed by atoms with van der Waals surface area (Å²) >= 11 is 0. The number of amides is 2. The van der Waals surface area contributed by atoms with E-state index < -0.39 is 35.3 Å². The van der Waals surface area contributed by atoms with Crippen LogP contribution in [-0.2, 0) is 9.59 Å². The Morgan fingerprint density at radius 1 is 1.14 bits per heavy atom. The van der Waals surface area contributed by atoms with Crippen LogP contribution in [0.2, 0.25) is 0 Å². The fourth-order valence-electron chi connectivity index (χ4n) is 3.87. The largest absolute Gasteiger partial charge is 0.389 e. The van der Waals surface area contributed by atoms with Gasteiger partial charge in [-0.05, 0) is 39.7 Å². The molecule has 0 saturated carbocycles. The predicted octanol–water partition coefficient (Wildman–Crippen LogP) is -0.00858. The van der Waals surface area contributed by atoms with Crippen LogP contribution < -0.4 is 21.5 Å². The Bertz CT molecular complexity index is 895. The molecule has 29 heavy (non-hydrogen) atoms. The van der Waals surface area contributed by atoms with Crippen LogP contribution in [0.25, 0.3) is 0 Å². The van der Waals surface area contributed by atoms with Gasteiger partial charge in [0.2, 0.25) is 11.8 Å². The molecule has 2 aliphatic heterocycles. The lowest BCUT2D eigenvalue weighted by Gasteiger charge is -2.42. The van der Waals surface area contributed by atoms with E-state index in [2.05, 4.69) is 20.9 Å². The second kappa shape index (κ2) is 8.00. The molecule has 0 aromatic carbocycles. The molecule has 1 aromatic rings. The maximum absolute atomic E-state index is 13.0. The first-order valence-corrected chi connectivity index (χ1v) is 9.80. The first-order chi connectivity index (χ1) is 13.6. The summed E-state index contributed by atoms with van der Waals surface area (Å²) in [7, 11) is 0. The van der Waals surface area contributed by atoms with Gasteiger partial charge in [-0.3, -0.25) is 14.4 Å². The minimum atomic E-state index is -1.65. The van der Waals surface area contributed by atoms with E-state index in [-0.39, 0.29) is 23.9 Å². The molecule has 0 aliphatic carbocycles. The smallest absolute Gasteiger partial charge is 0.254 e. The molecule has 0 saturated heterocycles. The highest BCUT2D eigenvalue weighted by molar-refractivity contribution is 5.88. The van der Waals surface area contributed by atoms with Crippen molar-refractivity contribution in [2.45, 2.75) is 69.9 Å². The summed E-state index contributed by atoms with van der Waals surface area (Å²) in [5, 5.41) is 29.8. The lowest BCUT2D eigenvalue weighted by Crippen LogP contribution is -2.59. The number of aryl methyl sites for hydroxylation is 1. The van der Waals surface area contributed by atoms with Crippen LogP contribution in [0, 0.1) is 6.92 Å². The summed E-state index contributed by atoms with van der Waals surface area (Å²) in [5.74, 6) is -1.75. The number of aromatic amines is 1. The molecule has 3 rings (SSSR count). The fourth-order valence-corrected chi connectivity index (χ4v) is 3.87. The van der Waals surface area contributed by atoms with Crippen LogP contribution in [-0.4, -0.2) is 50.9 Å². The summed E-state index contributed by atoms with van der Waals surface area (Å²) in [6.07, 6.45) is 2.57. The van der Waals surface area contributed by atoms with E-state index in [0.29, 0.717) is 24.2 Å². The third kappa shape index (κ3) is 4.51. The Hall–Kier alpha value is -2.65. The number of aliphatic hydroxyl groups is 2. The lowest BCUT2D eigenvalue weighted by molar-refractivity contribution is -0.125. The molecule has 9 nitrogen and oxygen atoms in total. The normalized spacial score (nSPS) is 33.0. The van der Waals surface area contributed by atoms with Crippen molar-refractivity contribution in [2.75, 3.05) is 5.32 Å². The second-order valence-corrected chi connectivity index (χ2v) is 8.06. The maximum Gasteiger partial charge on any atom is 0.254 e. The van der Waals surface area contributed by atoms with Gasteiger partial charge in [-0.2, -0.15) is 0 Å². The molecule has 0 fully saturated rings. The lowest BCUT2D eigenvalue weighted by atomic mass is 9.81. The highest BCUT2D eigenvalue weighted by atomic mass is 16.3. The highest BCUT2D eigenvalue weighted by Gasteiger charge is 2.45. The van der Waals surface area contributed by atoms with Crippen LogP contribution in [0.5, 0.6) is 0 Å². The quantitative estimate of drug-likeness (QED) is 0.359. The molecule has 2 amide bonds. The number of nitrogens with one attached hydrogen (secondary N) is 4. The standard InChI is InChI=1S/C20H28N4O5/c1-10-4-5-13(25)6-7-16(26)23-12(3)20(29)9-14(18(27)21-10)17-15(24-20)8-11(2)22-19(17)28/h6-8,10,12-14,24-25,29H,4-5,9H2,1-3H3,(H,21,27)(H,22,28)(H,23,26)/t10-,12-,13-,14-,20+/m0/s1. The molecule has 1 aromatic heterocycles. The number of carbonyl (C=O) groups excluding carboxylic acids is 2. The number of H-pyrrole nitrogens is 1. The number of aliphatic hydroxyl groups excluding tert-OH is 1. The summed E-state index contributed by atoms with van der Waals surface area (Å²) in [6, 6.07) is 0.634. The van der Waals surface area contributed by atoms with Gasteiger partial charge in [0.1, 0.15) is 0 Å². The van der Waals surface area contributed by atoms with Gasteiger partial charge in [-0.25, -0.2) is 0 Å². The summed E-state index contributed by atoms with van der Waals surface area (Å²) in [5.41, 5.74) is -0.827. The first kappa shape index (κ1) is 21.1. The molecule has 0 unspecified atom stereocenters. The summed E-state index contributed by atoms with van der Waals surface area (Å²) in [4.78, 5) is 40.5. The molecule has 3 heterocycles. The van der Waals surface area contributed by atoms with Crippen molar-refractivity contribution in [1.29, 1.82) is 0 Å². The average Bonchev–Trinajstić information content (AvgIpc) is 2.62. The van der Waals surface area contributed by atoms with E-state index in [0.717, 1.165) is 0 Å². The third-order valence-corrected chi connectivity index (χ3v) is 5.57. The first-order valence-electron chi connectivity index (χ1n) is 9.80. The molecule has 0 radical (unpaired) electrons. The van der Waals surface area contributed by atoms with E-state index in [4.69, 9.17) is 0 Å². The molecule has 158 valence electrons. The van der Waals surface area contributed by atoms with Crippen LogP contribution in [0.15, 0.2) is 23.0 Å². The number of carbonyl (C=O) groups is 2. The molecule has 5 atom stereocenters. The van der Waals surface area contributed by atoms with Crippen molar-refractivity contribution >= 4 is 17.5 Å². The SMILES string of the molecule is Cc1cc2c(c(=O)[nH]1)[C@@H]1C[C@](O)(N2)[C@H](C)NC(=O)C=C[C@@H](O)CC[C@H](C)NC1=O. The third-order valence-electron chi connectivity index (χ3n) is 5.57. The van der Waals surface area contributed by atoms with Crippen LogP contribution in [0.4, 0.5) is 5.69 Å². The van der Waals surface area contributed by atoms with Crippen molar-refractivity contribution in [1.82, 2.24) is 15.6 Å². The van der Waals surface area contributed by atoms with E-state index in [1.165, 1.54) is 12.2 Å². The maximum atomic E-state index is 13.0. The Balaban J connectivity index is 2.06. The zero-order valence-corrected chi connectivity index (χ0v) is 16.8. The Morgan fingerprint density at radius 2 is 1.86 bits per heavy atom. The van der Waals surface area contributed by atoms with Gasteiger partial charge in [0.15, 0.2) is 5.72 Å². The van der Waals surface area contributed by atoms with Crippen molar-refractivity contribution in [3.63, 3.8) is 0 Å². The van der Waals surface area contributed by atoms with Gasteiger partial charge in [-0.1, -0.05) is 6.08 Å². The van der Waals surface area contributed by atoms with Crippen molar-refractivity contribution in [2.24, 2.45) is 0 Å². The Labute approximate surface area is 168 Å². The number of anilines is 1. The second-order valence-electron chi connectivity index (χ2n) is 8.06. The van der Waals surface area contributed by atoms with Crippen molar-refractivity contribution in [3.05, 3.63) is 39.8 Å². The fraction of sp³-hybridized carbons (Fsp3) is 0.550. The minimum Gasteiger partial charge on any atom is -0.389 e. The van der Waals surface area contributed by atoms with Gasteiger partial charge in [0, 0.05) is 29.9 Å². The average molecular weight is 404 g/mol. The molecule has 9 heteroatoms. The molecular weight excluding hydrogens is 376 g/mol. The highest BCUT2D eigenvalue weighted by Crippen LogP contribution is 2.38. The van der Waals surface area contributed by atoms with Gasteiger partial charge >= 0.3 is 0 Å². The van der Waals surface area contributed by atoms with E-state index in [1.54, 1.807) is 19.9 Å². The van der Waals surface area contributed by atoms with Gasteiger partial charge in [0.05, 0.1) is 23.6 Å². The monoisotopic (exact) mass is 404 g/mol. The number of rotatable bonds is 0. The summed E-state index contributed by atoms with van der Waals surface area (Å²) in [6.45, 7) is 5.13.